The van der Waals surface area contributed by atoms with Crippen LogP contribution in [-0.2, 0) is 19.7 Å². The maximum atomic E-state index is 14.0. The number of benzene rings is 1. The second kappa shape index (κ2) is 9.49. The lowest BCUT2D eigenvalue weighted by atomic mass is 9.74. The Labute approximate surface area is 202 Å². The maximum absolute atomic E-state index is 14.0. The second-order valence-corrected chi connectivity index (χ2v) is 10.6. The van der Waals surface area contributed by atoms with E-state index in [4.69, 9.17) is 10.5 Å². The highest BCUT2D eigenvalue weighted by atomic mass is 16.5. The summed E-state index contributed by atoms with van der Waals surface area (Å²) in [6, 6.07) is 13.6. The fraction of sp³-hybridized carbons (Fsp3) is 0.536. The third-order valence-corrected chi connectivity index (χ3v) is 8.73. The summed E-state index contributed by atoms with van der Waals surface area (Å²) >= 11 is 0. The summed E-state index contributed by atoms with van der Waals surface area (Å²) in [6.45, 7) is 2.42. The Morgan fingerprint density at radius 2 is 1.62 bits per heavy atom. The average Bonchev–Trinajstić information content (AvgIpc) is 3.13. The Kier molecular flexibility index (Phi) is 6.43. The number of hydrogen-bond donors (Lipinski definition) is 1. The van der Waals surface area contributed by atoms with Gasteiger partial charge in [0.2, 0.25) is 0 Å². The molecule has 1 amide bonds. The van der Waals surface area contributed by atoms with Crippen molar-refractivity contribution < 1.29 is 18.8 Å². The molecule has 4 heterocycles. The third kappa shape index (κ3) is 4.13. The van der Waals surface area contributed by atoms with Crippen molar-refractivity contribution in [3.05, 3.63) is 66.0 Å². The smallest absolute Gasteiger partial charge is 0.317 e. The van der Waals surface area contributed by atoms with E-state index in [1.165, 1.54) is 12.8 Å². The average molecular weight is 463 g/mol. The summed E-state index contributed by atoms with van der Waals surface area (Å²) in [5.41, 5.74) is 7.39. The van der Waals surface area contributed by atoms with Crippen LogP contribution in [-0.4, -0.2) is 47.1 Å². The Hall–Kier alpha value is -2.73. The van der Waals surface area contributed by atoms with Gasteiger partial charge in [0, 0.05) is 36.7 Å². The number of fused-ring (bicyclic) bond motifs is 3. The molecular formula is C28H36N3O3+. The van der Waals surface area contributed by atoms with Crippen LogP contribution in [0, 0.1) is 5.92 Å². The van der Waals surface area contributed by atoms with Gasteiger partial charge >= 0.3 is 5.97 Å². The molecule has 34 heavy (non-hydrogen) atoms. The molecule has 1 aromatic carbocycles. The van der Waals surface area contributed by atoms with E-state index in [-0.39, 0.29) is 18.0 Å². The summed E-state index contributed by atoms with van der Waals surface area (Å²) in [7, 11) is 0. The van der Waals surface area contributed by atoms with Crippen LogP contribution in [0.2, 0.25) is 0 Å². The number of nitrogens with zero attached hydrogens (tertiary/aromatic N) is 2. The number of quaternary nitrogens is 1. The zero-order valence-corrected chi connectivity index (χ0v) is 19.9. The first-order chi connectivity index (χ1) is 16.5. The van der Waals surface area contributed by atoms with Crippen LogP contribution in [0.15, 0.2) is 54.9 Å². The van der Waals surface area contributed by atoms with Crippen molar-refractivity contribution in [2.75, 3.05) is 19.6 Å². The normalized spacial score (nSPS) is 29.1. The Morgan fingerprint density at radius 1 is 0.971 bits per heavy atom. The fourth-order valence-corrected chi connectivity index (χ4v) is 6.91. The maximum Gasteiger partial charge on any atom is 0.317 e. The van der Waals surface area contributed by atoms with Gasteiger partial charge in [-0.3, -0.25) is 14.6 Å². The molecule has 2 bridgehead atoms. The quantitative estimate of drug-likeness (QED) is 0.399. The van der Waals surface area contributed by atoms with Gasteiger partial charge in [-0.15, -0.1) is 0 Å². The highest BCUT2D eigenvalue weighted by molar-refractivity contribution is 5.83. The lowest BCUT2D eigenvalue weighted by Gasteiger charge is -2.55. The number of ether oxygens (including phenoxy) is 1. The number of amides is 1. The van der Waals surface area contributed by atoms with E-state index in [1.807, 2.05) is 30.3 Å². The van der Waals surface area contributed by atoms with Gasteiger partial charge in [0.25, 0.3) is 5.91 Å². The zero-order chi connectivity index (χ0) is 23.6. The van der Waals surface area contributed by atoms with Crippen LogP contribution in [0.1, 0.15) is 68.5 Å². The van der Waals surface area contributed by atoms with Crippen molar-refractivity contribution in [2.24, 2.45) is 11.7 Å². The number of aromatic nitrogens is 1. The Bertz CT molecular complexity index is 994. The minimum Gasteiger partial charge on any atom is -0.455 e. The monoisotopic (exact) mass is 462 g/mol. The van der Waals surface area contributed by atoms with Gasteiger partial charge in [-0.25, -0.2) is 0 Å². The molecule has 1 aliphatic carbocycles. The molecule has 4 fully saturated rings. The van der Waals surface area contributed by atoms with Crippen LogP contribution in [0.4, 0.5) is 0 Å². The fourth-order valence-electron chi connectivity index (χ4n) is 6.91. The number of carbonyl (C=O) groups excluding carboxylic acids is 2. The number of carbonyl (C=O) groups is 2. The lowest BCUT2D eigenvalue weighted by Crippen LogP contribution is -2.67. The third-order valence-electron chi connectivity index (χ3n) is 8.73. The standard InChI is InChI=1S/C28H35N3O3/c29-26(32)25(22-10-16-30-17-11-22)31-18-12-21(13-19-31)24(20-31)34-27(33)28(14-6-1-2-7-15-28)23-8-4-3-5-9-23/h3-5,8-11,16-17,21,24-25H,1-2,6-7,12-15,18-20H2,(H-,29,32)/p+1/t21?,24-,25?,31?/m0/s1. The molecule has 3 aliphatic heterocycles. The molecule has 3 saturated heterocycles. The van der Waals surface area contributed by atoms with Gasteiger partial charge in [-0.05, 0) is 30.5 Å². The highest BCUT2D eigenvalue weighted by Crippen LogP contribution is 2.45. The molecule has 0 radical (unpaired) electrons. The van der Waals surface area contributed by atoms with Crippen molar-refractivity contribution in [1.82, 2.24) is 4.98 Å². The van der Waals surface area contributed by atoms with Crippen LogP contribution in [0.3, 0.4) is 0 Å². The number of pyridine rings is 1. The van der Waals surface area contributed by atoms with Crippen LogP contribution in [0.5, 0.6) is 0 Å². The van der Waals surface area contributed by atoms with Gasteiger partial charge in [-0.1, -0.05) is 56.0 Å². The van der Waals surface area contributed by atoms with Crippen LogP contribution < -0.4 is 5.73 Å². The van der Waals surface area contributed by atoms with Gasteiger partial charge < -0.3 is 15.0 Å². The van der Waals surface area contributed by atoms with E-state index < -0.39 is 11.5 Å². The first kappa shape index (κ1) is 23.0. The predicted molar refractivity (Wildman–Crippen MR) is 129 cm³/mol. The summed E-state index contributed by atoms with van der Waals surface area (Å²) in [5.74, 6) is -0.0355. The van der Waals surface area contributed by atoms with Crippen molar-refractivity contribution in [2.45, 2.75) is 68.9 Å². The van der Waals surface area contributed by atoms with Gasteiger partial charge in [0.1, 0.15) is 6.54 Å². The summed E-state index contributed by atoms with van der Waals surface area (Å²) in [5, 5.41) is 0. The molecule has 0 spiro atoms. The number of hydrogen-bond acceptors (Lipinski definition) is 4. The van der Waals surface area contributed by atoms with Crippen LogP contribution in [0.25, 0.3) is 0 Å². The van der Waals surface area contributed by atoms with E-state index in [0.29, 0.717) is 16.9 Å². The first-order valence-corrected chi connectivity index (χ1v) is 12.9. The topological polar surface area (TPSA) is 82.3 Å². The minimum absolute atomic E-state index is 0.0722. The first-order valence-electron chi connectivity index (χ1n) is 12.9. The van der Waals surface area contributed by atoms with E-state index in [1.54, 1.807) is 12.4 Å². The molecule has 4 aliphatic rings. The van der Waals surface area contributed by atoms with Crippen molar-refractivity contribution >= 4 is 11.9 Å². The molecule has 2 aromatic rings. The van der Waals surface area contributed by atoms with E-state index >= 15 is 0 Å². The van der Waals surface area contributed by atoms with Crippen molar-refractivity contribution in [3.8, 4) is 0 Å². The summed E-state index contributed by atoms with van der Waals surface area (Å²) in [4.78, 5) is 30.8. The van der Waals surface area contributed by atoms with Gasteiger partial charge in [0.05, 0.1) is 18.5 Å². The lowest BCUT2D eigenvalue weighted by molar-refractivity contribution is -0.965. The largest absolute Gasteiger partial charge is 0.455 e. The number of primary amides is 1. The van der Waals surface area contributed by atoms with Gasteiger partial charge in [0.15, 0.2) is 12.1 Å². The van der Waals surface area contributed by atoms with Crippen molar-refractivity contribution in [3.63, 3.8) is 0 Å². The molecular weight excluding hydrogens is 426 g/mol. The van der Waals surface area contributed by atoms with Crippen LogP contribution >= 0.6 is 0 Å². The molecule has 2 atom stereocenters. The predicted octanol–water partition coefficient (Wildman–Crippen LogP) is 4.05. The van der Waals surface area contributed by atoms with E-state index in [0.717, 1.165) is 62.7 Å². The minimum atomic E-state index is -0.567. The molecule has 6 rings (SSSR count). The SMILES string of the molecule is NC(=O)C(c1ccncc1)[N+]12CCC(CC1)[C@@H](OC(=O)C1(c3ccccc3)CCCCCC1)C2. The van der Waals surface area contributed by atoms with Crippen molar-refractivity contribution in [1.29, 1.82) is 0 Å². The number of piperidine rings is 3. The molecule has 1 unspecified atom stereocenters. The highest BCUT2D eigenvalue weighted by Gasteiger charge is 2.54. The zero-order valence-electron chi connectivity index (χ0n) is 19.9. The summed E-state index contributed by atoms with van der Waals surface area (Å²) < 4.78 is 7.03. The molecule has 6 nitrogen and oxygen atoms in total. The number of rotatable bonds is 6. The Balaban J connectivity index is 1.42. The molecule has 1 saturated carbocycles. The van der Waals surface area contributed by atoms with E-state index in [2.05, 4.69) is 17.1 Å². The summed E-state index contributed by atoms with van der Waals surface area (Å²) in [6.07, 6.45) is 11.3. The Morgan fingerprint density at radius 3 is 2.24 bits per heavy atom. The second-order valence-electron chi connectivity index (χ2n) is 10.6. The van der Waals surface area contributed by atoms with Gasteiger partial charge in [-0.2, -0.15) is 0 Å². The molecule has 2 N–H and O–H groups in total. The molecule has 1 aromatic heterocycles. The van der Waals surface area contributed by atoms with E-state index in [9.17, 15) is 9.59 Å². The number of esters is 1. The molecule has 180 valence electrons. The number of nitrogens with two attached hydrogens (primary N) is 1. The molecule has 6 heteroatoms.